The standard InChI is InChI=1S/C21H24FN3O2/c1-24(2)21(27)15-7-9-17(10-8-15)23-20(26)14-25(18-11-12-18)13-16-5-3-4-6-19(16)22/h3-10,18H,11-14H2,1-2H3,(H,23,26). The van der Waals surface area contributed by atoms with Gasteiger partial charge in [-0.3, -0.25) is 14.5 Å². The molecule has 0 atom stereocenters. The number of hydrogen-bond donors (Lipinski definition) is 1. The van der Waals surface area contributed by atoms with Crippen molar-refractivity contribution in [1.29, 1.82) is 0 Å². The molecule has 0 radical (unpaired) electrons. The maximum atomic E-state index is 13.9. The molecule has 2 aromatic carbocycles. The van der Waals surface area contributed by atoms with Crippen LogP contribution in [0.15, 0.2) is 48.5 Å². The van der Waals surface area contributed by atoms with Gasteiger partial charge in [-0.1, -0.05) is 18.2 Å². The van der Waals surface area contributed by atoms with Crippen molar-refractivity contribution in [3.63, 3.8) is 0 Å². The Morgan fingerprint density at radius 3 is 2.33 bits per heavy atom. The minimum Gasteiger partial charge on any atom is -0.345 e. The molecule has 2 aromatic rings. The molecule has 0 unspecified atom stereocenters. The molecule has 27 heavy (non-hydrogen) atoms. The number of rotatable bonds is 7. The quantitative estimate of drug-likeness (QED) is 0.816. The molecule has 2 amide bonds. The van der Waals surface area contributed by atoms with Crippen molar-refractivity contribution >= 4 is 17.5 Å². The molecule has 1 aliphatic rings. The topological polar surface area (TPSA) is 52.7 Å². The van der Waals surface area contributed by atoms with E-state index in [0.717, 1.165) is 12.8 Å². The summed E-state index contributed by atoms with van der Waals surface area (Å²) in [4.78, 5) is 27.9. The van der Waals surface area contributed by atoms with E-state index in [1.54, 1.807) is 56.6 Å². The number of hydrogen-bond acceptors (Lipinski definition) is 3. The first-order valence-electron chi connectivity index (χ1n) is 9.03. The third-order valence-corrected chi connectivity index (χ3v) is 4.56. The van der Waals surface area contributed by atoms with Gasteiger partial charge >= 0.3 is 0 Å². The second-order valence-corrected chi connectivity index (χ2v) is 7.05. The smallest absolute Gasteiger partial charge is 0.253 e. The summed E-state index contributed by atoms with van der Waals surface area (Å²) in [6, 6.07) is 13.8. The summed E-state index contributed by atoms with van der Waals surface area (Å²) in [6.07, 6.45) is 2.06. The summed E-state index contributed by atoms with van der Waals surface area (Å²) in [5.74, 6) is -0.479. The Kier molecular flexibility index (Phi) is 5.86. The molecule has 0 saturated heterocycles. The monoisotopic (exact) mass is 369 g/mol. The zero-order chi connectivity index (χ0) is 19.4. The van der Waals surface area contributed by atoms with Crippen LogP contribution in [0.4, 0.5) is 10.1 Å². The lowest BCUT2D eigenvalue weighted by Gasteiger charge is -2.21. The second kappa shape index (κ2) is 8.31. The van der Waals surface area contributed by atoms with Crippen molar-refractivity contribution in [2.75, 3.05) is 26.0 Å². The van der Waals surface area contributed by atoms with Crippen LogP contribution in [0.5, 0.6) is 0 Å². The van der Waals surface area contributed by atoms with E-state index in [1.165, 1.54) is 11.0 Å². The lowest BCUT2D eigenvalue weighted by molar-refractivity contribution is -0.117. The van der Waals surface area contributed by atoms with Crippen LogP contribution in [0.3, 0.4) is 0 Å². The minimum absolute atomic E-state index is 0.0855. The highest BCUT2D eigenvalue weighted by atomic mass is 19.1. The summed E-state index contributed by atoms with van der Waals surface area (Å²) in [5.41, 5.74) is 1.80. The molecule has 0 spiro atoms. The predicted octanol–water partition coefficient (Wildman–Crippen LogP) is 3.13. The molecule has 0 heterocycles. The maximum Gasteiger partial charge on any atom is 0.253 e. The van der Waals surface area contributed by atoms with Crippen molar-refractivity contribution in [1.82, 2.24) is 9.80 Å². The Bertz CT molecular complexity index is 816. The molecule has 1 N–H and O–H groups in total. The van der Waals surface area contributed by atoms with E-state index in [1.807, 2.05) is 4.90 Å². The highest BCUT2D eigenvalue weighted by molar-refractivity contribution is 5.96. The van der Waals surface area contributed by atoms with E-state index in [2.05, 4.69) is 5.32 Å². The third-order valence-electron chi connectivity index (χ3n) is 4.56. The van der Waals surface area contributed by atoms with Crippen LogP contribution in [-0.4, -0.2) is 48.3 Å². The number of anilines is 1. The van der Waals surface area contributed by atoms with Gasteiger partial charge in [0, 0.05) is 43.5 Å². The number of nitrogens with zero attached hydrogens (tertiary/aromatic N) is 2. The average molecular weight is 369 g/mol. The Morgan fingerprint density at radius 2 is 1.74 bits per heavy atom. The van der Waals surface area contributed by atoms with E-state index < -0.39 is 0 Å². The van der Waals surface area contributed by atoms with Crippen molar-refractivity contribution < 1.29 is 14.0 Å². The molecule has 5 nitrogen and oxygen atoms in total. The van der Waals surface area contributed by atoms with Gasteiger partial charge in [-0.2, -0.15) is 0 Å². The van der Waals surface area contributed by atoms with Crippen LogP contribution in [0.25, 0.3) is 0 Å². The molecule has 6 heteroatoms. The molecule has 0 bridgehead atoms. The summed E-state index contributed by atoms with van der Waals surface area (Å²) in [5, 5.41) is 2.85. The zero-order valence-corrected chi connectivity index (χ0v) is 15.6. The van der Waals surface area contributed by atoms with E-state index in [0.29, 0.717) is 29.4 Å². The summed E-state index contributed by atoms with van der Waals surface area (Å²) >= 11 is 0. The van der Waals surface area contributed by atoms with Gasteiger partial charge in [-0.15, -0.1) is 0 Å². The van der Waals surface area contributed by atoms with Gasteiger partial charge in [-0.05, 0) is 43.2 Å². The van der Waals surface area contributed by atoms with Crippen LogP contribution < -0.4 is 5.32 Å². The Balaban J connectivity index is 1.60. The summed E-state index contributed by atoms with van der Waals surface area (Å²) in [6.45, 7) is 0.623. The van der Waals surface area contributed by atoms with Crippen molar-refractivity contribution in [3.05, 3.63) is 65.5 Å². The Hall–Kier alpha value is -2.73. The second-order valence-electron chi connectivity index (χ2n) is 7.05. The first-order chi connectivity index (χ1) is 12.9. The lowest BCUT2D eigenvalue weighted by atomic mass is 10.2. The number of benzene rings is 2. The fourth-order valence-electron chi connectivity index (χ4n) is 2.94. The average Bonchev–Trinajstić information content (AvgIpc) is 3.48. The fraction of sp³-hybridized carbons (Fsp3) is 0.333. The van der Waals surface area contributed by atoms with Gasteiger partial charge in [0.05, 0.1) is 6.54 Å². The van der Waals surface area contributed by atoms with Crippen molar-refractivity contribution in [2.24, 2.45) is 0 Å². The number of amides is 2. The third kappa shape index (κ3) is 5.14. The number of carbonyl (C=O) groups excluding carboxylic acids is 2. The Morgan fingerprint density at radius 1 is 1.07 bits per heavy atom. The van der Waals surface area contributed by atoms with Crippen LogP contribution in [0.1, 0.15) is 28.8 Å². The number of nitrogens with one attached hydrogen (secondary N) is 1. The Labute approximate surface area is 158 Å². The summed E-state index contributed by atoms with van der Waals surface area (Å²) in [7, 11) is 3.39. The van der Waals surface area contributed by atoms with E-state index in [-0.39, 0.29) is 24.2 Å². The maximum absolute atomic E-state index is 13.9. The predicted molar refractivity (Wildman–Crippen MR) is 103 cm³/mol. The molecular weight excluding hydrogens is 345 g/mol. The van der Waals surface area contributed by atoms with Gasteiger partial charge in [0.25, 0.3) is 5.91 Å². The number of halogens is 1. The molecule has 3 rings (SSSR count). The normalized spacial score (nSPS) is 13.5. The van der Waals surface area contributed by atoms with Gasteiger partial charge in [0.1, 0.15) is 5.82 Å². The molecule has 142 valence electrons. The van der Waals surface area contributed by atoms with E-state index in [9.17, 15) is 14.0 Å². The zero-order valence-electron chi connectivity index (χ0n) is 15.6. The van der Waals surface area contributed by atoms with Gasteiger partial charge < -0.3 is 10.2 Å². The fourth-order valence-corrected chi connectivity index (χ4v) is 2.94. The van der Waals surface area contributed by atoms with Gasteiger partial charge in [0.15, 0.2) is 0 Å². The molecule has 1 saturated carbocycles. The molecule has 0 aromatic heterocycles. The van der Waals surface area contributed by atoms with Crippen LogP contribution in [0.2, 0.25) is 0 Å². The van der Waals surface area contributed by atoms with Crippen molar-refractivity contribution in [2.45, 2.75) is 25.4 Å². The number of carbonyl (C=O) groups is 2. The first kappa shape index (κ1) is 19.0. The molecule has 1 aliphatic carbocycles. The summed E-state index contributed by atoms with van der Waals surface area (Å²) < 4.78 is 13.9. The first-order valence-corrected chi connectivity index (χ1v) is 9.03. The molecule has 0 aliphatic heterocycles. The highest BCUT2D eigenvalue weighted by Gasteiger charge is 2.30. The van der Waals surface area contributed by atoms with Crippen LogP contribution in [-0.2, 0) is 11.3 Å². The minimum atomic E-state index is -0.246. The lowest BCUT2D eigenvalue weighted by Crippen LogP contribution is -2.34. The van der Waals surface area contributed by atoms with Crippen LogP contribution in [0, 0.1) is 5.82 Å². The highest BCUT2D eigenvalue weighted by Crippen LogP contribution is 2.28. The SMILES string of the molecule is CN(C)C(=O)c1ccc(NC(=O)CN(Cc2ccccc2F)C2CC2)cc1. The van der Waals surface area contributed by atoms with E-state index >= 15 is 0 Å². The molecular formula is C21H24FN3O2. The van der Waals surface area contributed by atoms with E-state index in [4.69, 9.17) is 0 Å². The van der Waals surface area contributed by atoms with Crippen molar-refractivity contribution in [3.8, 4) is 0 Å². The largest absolute Gasteiger partial charge is 0.345 e. The van der Waals surface area contributed by atoms with Crippen LogP contribution >= 0.6 is 0 Å². The van der Waals surface area contributed by atoms with Gasteiger partial charge in [-0.25, -0.2) is 4.39 Å². The molecule has 1 fully saturated rings. The van der Waals surface area contributed by atoms with Gasteiger partial charge in [0.2, 0.25) is 5.91 Å².